The van der Waals surface area contributed by atoms with Crippen LogP contribution in [0.15, 0.2) is 12.1 Å². The lowest BCUT2D eigenvalue weighted by atomic mass is 10.1. The highest BCUT2D eigenvalue weighted by Crippen LogP contribution is 2.30. The van der Waals surface area contributed by atoms with Gasteiger partial charge >= 0.3 is 5.97 Å². The fraction of sp³-hybridized carbons (Fsp3) is 0.167. The van der Waals surface area contributed by atoms with Crippen molar-refractivity contribution in [3.63, 3.8) is 0 Å². The minimum Gasteiger partial charge on any atom is -0.478 e. The standard InChI is InChI=1S/C12H12FN3O2S/c1-5-6(2)19-12(15-5)16-8-4-3-7(13)10(14)9(8)11(17)18/h3-4H,14H2,1-2H3,(H,15,16)(H,17,18). The van der Waals surface area contributed by atoms with Gasteiger partial charge in [-0.1, -0.05) is 0 Å². The second-order valence-corrected chi connectivity index (χ2v) is 5.18. The first kappa shape index (κ1) is 13.3. The Labute approximate surface area is 112 Å². The molecule has 2 aromatic rings. The summed E-state index contributed by atoms with van der Waals surface area (Å²) in [5.41, 5.74) is 5.87. The fourth-order valence-electron chi connectivity index (χ4n) is 1.57. The van der Waals surface area contributed by atoms with E-state index in [1.54, 1.807) is 0 Å². The Morgan fingerprint density at radius 2 is 2.16 bits per heavy atom. The third-order valence-electron chi connectivity index (χ3n) is 2.68. The fourth-order valence-corrected chi connectivity index (χ4v) is 2.40. The van der Waals surface area contributed by atoms with E-state index in [1.165, 1.54) is 17.4 Å². The Morgan fingerprint density at radius 3 is 2.68 bits per heavy atom. The monoisotopic (exact) mass is 281 g/mol. The smallest absolute Gasteiger partial charge is 0.340 e. The van der Waals surface area contributed by atoms with Crippen LogP contribution in [0.3, 0.4) is 0 Å². The van der Waals surface area contributed by atoms with E-state index in [4.69, 9.17) is 10.8 Å². The van der Waals surface area contributed by atoms with E-state index in [0.29, 0.717) is 5.13 Å². The van der Waals surface area contributed by atoms with Gasteiger partial charge < -0.3 is 16.2 Å². The van der Waals surface area contributed by atoms with Crippen LogP contribution in [0.5, 0.6) is 0 Å². The van der Waals surface area contributed by atoms with E-state index in [9.17, 15) is 9.18 Å². The number of nitrogens with one attached hydrogen (secondary N) is 1. The first-order valence-electron chi connectivity index (χ1n) is 5.42. The molecule has 100 valence electrons. The number of halogens is 1. The van der Waals surface area contributed by atoms with Crippen LogP contribution in [0.1, 0.15) is 20.9 Å². The number of thiazole rings is 1. The predicted octanol–water partition coefficient (Wildman–Crippen LogP) is 2.92. The summed E-state index contributed by atoms with van der Waals surface area (Å²) in [6.07, 6.45) is 0. The van der Waals surface area contributed by atoms with Crippen LogP contribution in [0.4, 0.5) is 20.9 Å². The number of nitrogens with zero attached hydrogens (tertiary/aromatic N) is 1. The Morgan fingerprint density at radius 1 is 1.47 bits per heavy atom. The van der Waals surface area contributed by atoms with Crippen molar-refractivity contribution in [1.82, 2.24) is 4.98 Å². The lowest BCUT2D eigenvalue weighted by Gasteiger charge is -2.09. The van der Waals surface area contributed by atoms with Gasteiger partial charge in [0, 0.05) is 4.88 Å². The summed E-state index contributed by atoms with van der Waals surface area (Å²) in [7, 11) is 0. The topological polar surface area (TPSA) is 88.2 Å². The lowest BCUT2D eigenvalue weighted by molar-refractivity contribution is 0.0698. The SMILES string of the molecule is Cc1nc(Nc2ccc(F)c(N)c2C(=O)O)sc1C. The van der Waals surface area contributed by atoms with Gasteiger partial charge in [-0.05, 0) is 26.0 Å². The van der Waals surface area contributed by atoms with Crippen LogP contribution < -0.4 is 11.1 Å². The summed E-state index contributed by atoms with van der Waals surface area (Å²) in [6.45, 7) is 3.77. The maximum absolute atomic E-state index is 13.3. The van der Waals surface area contributed by atoms with E-state index in [1.807, 2.05) is 13.8 Å². The van der Waals surface area contributed by atoms with Gasteiger partial charge in [0.15, 0.2) is 5.13 Å². The number of hydrogen-bond donors (Lipinski definition) is 3. The van der Waals surface area contributed by atoms with Crippen LogP contribution >= 0.6 is 11.3 Å². The normalized spacial score (nSPS) is 10.5. The molecule has 19 heavy (non-hydrogen) atoms. The lowest BCUT2D eigenvalue weighted by Crippen LogP contribution is -2.08. The molecule has 0 amide bonds. The molecule has 1 heterocycles. The van der Waals surface area contributed by atoms with Crippen molar-refractivity contribution in [2.75, 3.05) is 11.1 Å². The summed E-state index contributed by atoms with van der Waals surface area (Å²) < 4.78 is 13.3. The number of carboxylic acid groups (broad SMARTS) is 1. The number of benzene rings is 1. The van der Waals surface area contributed by atoms with E-state index >= 15 is 0 Å². The van der Waals surface area contributed by atoms with Crippen LogP contribution in [0.2, 0.25) is 0 Å². The number of aromatic nitrogens is 1. The maximum atomic E-state index is 13.3. The van der Waals surface area contributed by atoms with Gasteiger partial charge in [-0.25, -0.2) is 14.2 Å². The van der Waals surface area contributed by atoms with E-state index in [2.05, 4.69) is 10.3 Å². The number of nitrogens with two attached hydrogens (primary N) is 1. The van der Waals surface area contributed by atoms with Gasteiger partial charge in [-0.2, -0.15) is 0 Å². The van der Waals surface area contributed by atoms with Crippen molar-refractivity contribution in [1.29, 1.82) is 0 Å². The first-order valence-corrected chi connectivity index (χ1v) is 6.24. The summed E-state index contributed by atoms with van der Waals surface area (Å²) >= 11 is 1.39. The Hall–Kier alpha value is -2.15. The number of rotatable bonds is 3. The molecule has 0 atom stereocenters. The third kappa shape index (κ3) is 2.50. The Balaban J connectivity index is 2.45. The van der Waals surface area contributed by atoms with Gasteiger partial charge in [-0.15, -0.1) is 11.3 Å². The minimum atomic E-state index is -1.29. The summed E-state index contributed by atoms with van der Waals surface area (Å²) in [6, 6.07) is 2.46. The molecule has 5 nitrogen and oxygen atoms in total. The predicted molar refractivity (Wildman–Crippen MR) is 72.6 cm³/mol. The molecular weight excluding hydrogens is 269 g/mol. The van der Waals surface area contributed by atoms with Crippen LogP contribution in [0.25, 0.3) is 0 Å². The van der Waals surface area contributed by atoms with E-state index in [-0.39, 0.29) is 16.9 Å². The second-order valence-electron chi connectivity index (χ2n) is 3.97. The minimum absolute atomic E-state index is 0.222. The van der Waals surface area contributed by atoms with Crippen molar-refractivity contribution in [2.45, 2.75) is 13.8 Å². The number of anilines is 3. The van der Waals surface area contributed by atoms with E-state index < -0.39 is 11.8 Å². The van der Waals surface area contributed by atoms with Crippen molar-refractivity contribution in [3.8, 4) is 0 Å². The summed E-state index contributed by atoms with van der Waals surface area (Å²) in [4.78, 5) is 16.4. The molecule has 1 aromatic carbocycles. The van der Waals surface area contributed by atoms with Crippen LogP contribution in [-0.4, -0.2) is 16.1 Å². The van der Waals surface area contributed by atoms with Gasteiger partial charge in [0.1, 0.15) is 11.4 Å². The number of hydrogen-bond acceptors (Lipinski definition) is 5. The molecule has 7 heteroatoms. The zero-order chi connectivity index (χ0) is 14.2. The van der Waals surface area contributed by atoms with Crippen molar-refractivity contribution >= 4 is 33.8 Å². The molecule has 0 fully saturated rings. The Bertz CT molecular complexity index is 635. The Kier molecular flexibility index (Phi) is 3.39. The maximum Gasteiger partial charge on any atom is 0.340 e. The zero-order valence-electron chi connectivity index (χ0n) is 10.3. The number of aryl methyl sites for hydroxylation is 2. The molecule has 0 aliphatic carbocycles. The molecule has 0 radical (unpaired) electrons. The van der Waals surface area contributed by atoms with Crippen molar-refractivity contribution in [3.05, 3.63) is 34.1 Å². The van der Waals surface area contributed by atoms with Crippen LogP contribution in [-0.2, 0) is 0 Å². The quantitative estimate of drug-likeness (QED) is 0.753. The largest absolute Gasteiger partial charge is 0.478 e. The molecule has 0 saturated heterocycles. The average molecular weight is 281 g/mol. The highest BCUT2D eigenvalue weighted by Gasteiger charge is 2.18. The molecular formula is C12H12FN3O2S. The first-order chi connectivity index (χ1) is 8.90. The van der Waals surface area contributed by atoms with Crippen LogP contribution in [0, 0.1) is 19.7 Å². The van der Waals surface area contributed by atoms with E-state index in [0.717, 1.165) is 16.6 Å². The zero-order valence-corrected chi connectivity index (χ0v) is 11.1. The molecule has 2 rings (SSSR count). The molecule has 0 aliphatic rings. The number of aromatic carboxylic acids is 1. The van der Waals surface area contributed by atoms with Crippen molar-refractivity contribution < 1.29 is 14.3 Å². The number of carbonyl (C=O) groups is 1. The van der Waals surface area contributed by atoms with Gasteiger partial charge in [0.05, 0.1) is 17.1 Å². The summed E-state index contributed by atoms with van der Waals surface area (Å²) in [5, 5.41) is 12.5. The highest BCUT2D eigenvalue weighted by atomic mass is 32.1. The average Bonchev–Trinajstić information content (AvgIpc) is 2.63. The third-order valence-corrected chi connectivity index (χ3v) is 3.66. The second kappa shape index (κ2) is 4.85. The molecule has 0 unspecified atom stereocenters. The van der Waals surface area contributed by atoms with Gasteiger partial charge in [-0.3, -0.25) is 0 Å². The number of nitrogen functional groups attached to an aromatic ring is 1. The highest BCUT2D eigenvalue weighted by molar-refractivity contribution is 7.15. The molecule has 0 aliphatic heterocycles. The van der Waals surface area contributed by atoms with Gasteiger partial charge in [0.2, 0.25) is 0 Å². The molecule has 1 aromatic heterocycles. The number of carboxylic acids is 1. The van der Waals surface area contributed by atoms with Crippen molar-refractivity contribution in [2.24, 2.45) is 0 Å². The molecule has 0 spiro atoms. The molecule has 4 N–H and O–H groups in total. The van der Waals surface area contributed by atoms with Gasteiger partial charge in [0.25, 0.3) is 0 Å². The molecule has 0 bridgehead atoms. The molecule has 0 saturated carbocycles. The summed E-state index contributed by atoms with van der Waals surface area (Å²) in [5.74, 6) is -2.04.